The molecule has 1 aliphatic heterocycles. The number of nitrogens with one attached hydrogen (secondary N) is 3. The summed E-state index contributed by atoms with van der Waals surface area (Å²) in [6.07, 6.45) is 4.58. The van der Waals surface area contributed by atoms with Crippen molar-refractivity contribution in [3.8, 4) is 0 Å². The highest BCUT2D eigenvalue weighted by Crippen LogP contribution is 2.50. The first-order valence-corrected chi connectivity index (χ1v) is 16.8. The molecule has 3 rings (SSSR count). The van der Waals surface area contributed by atoms with Gasteiger partial charge in [0.05, 0.1) is 23.6 Å². The molecule has 1 saturated heterocycles. The Morgan fingerprint density at radius 3 is 2.49 bits per heavy atom. The molecule has 1 aliphatic rings. The molecule has 0 spiro atoms. The van der Waals surface area contributed by atoms with Crippen LogP contribution in [0.1, 0.15) is 82.6 Å². The van der Waals surface area contributed by atoms with Crippen LogP contribution in [0.2, 0.25) is 0 Å². The molecule has 0 aromatic heterocycles. The first-order valence-electron chi connectivity index (χ1n) is 15.1. The van der Waals surface area contributed by atoms with E-state index in [1.165, 1.54) is 6.42 Å². The van der Waals surface area contributed by atoms with Crippen LogP contribution < -0.4 is 20.3 Å². The van der Waals surface area contributed by atoms with Crippen molar-refractivity contribution in [2.24, 2.45) is 5.92 Å². The highest BCUT2D eigenvalue weighted by molar-refractivity contribution is 8.25. The summed E-state index contributed by atoms with van der Waals surface area (Å²) < 4.78 is 23.1. The number of aliphatic hydroxyl groups excluding tert-OH is 1. The fourth-order valence-electron chi connectivity index (χ4n) is 5.26. The lowest BCUT2D eigenvalue weighted by atomic mass is 9.93. The lowest BCUT2D eigenvalue weighted by Gasteiger charge is -2.47. The number of β-amino-alcohol motifs (C(OH)–C–C–N with tert-alkyl or cyclic N) is 1. The van der Waals surface area contributed by atoms with Gasteiger partial charge in [-0.3, -0.25) is 18.2 Å². The minimum Gasteiger partial charge on any atom is -0.390 e. The largest absolute Gasteiger partial charge is 0.390 e. The molecule has 1 amide bonds. The number of benzene rings is 2. The minimum absolute atomic E-state index is 0.135. The summed E-state index contributed by atoms with van der Waals surface area (Å²) in [5.74, 6) is 0.679. The summed E-state index contributed by atoms with van der Waals surface area (Å²) in [7, 11) is -2.94. The maximum atomic E-state index is 13.7. The molecule has 8 nitrogen and oxygen atoms in total. The van der Waals surface area contributed by atoms with Crippen molar-refractivity contribution in [2.45, 2.75) is 90.8 Å². The first-order chi connectivity index (χ1) is 19.4. The Morgan fingerprint density at radius 2 is 1.83 bits per heavy atom. The van der Waals surface area contributed by atoms with E-state index in [-0.39, 0.29) is 11.4 Å². The number of aliphatic hydroxyl groups is 1. The number of anilines is 2. The number of carbonyl (C=O) groups is 1. The average Bonchev–Trinajstić information content (AvgIpc) is 2.91. The van der Waals surface area contributed by atoms with E-state index in [0.29, 0.717) is 49.0 Å². The van der Waals surface area contributed by atoms with Gasteiger partial charge in [0.15, 0.2) is 0 Å². The Morgan fingerprint density at radius 1 is 1.10 bits per heavy atom. The van der Waals surface area contributed by atoms with E-state index in [4.69, 9.17) is 0 Å². The third kappa shape index (κ3) is 10.5. The molecule has 1 heterocycles. The average molecular weight is 589 g/mol. The van der Waals surface area contributed by atoms with E-state index in [1.807, 2.05) is 43.3 Å². The van der Waals surface area contributed by atoms with E-state index in [9.17, 15) is 19.0 Å². The predicted octanol–water partition coefficient (Wildman–Crippen LogP) is 6.28. The zero-order valence-electron chi connectivity index (χ0n) is 25.5. The second-order valence-electron chi connectivity index (χ2n) is 12.3. The summed E-state index contributed by atoms with van der Waals surface area (Å²) in [4.78, 5) is 13.7. The van der Waals surface area contributed by atoms with Crippen molar-refractivity contribution < 1.29 is 19.0 Å². The number of hydrogen-bond donors (Lipinski definition) is 6. The molecular weight excluding hydrogens is 536 g/mol. The first kappa shape index (κ1) is 33.2. The maximum Gasteiger partial charge on any atom is 0.251 e. The summed E-state index contributed by atoms with van der Waals surface area (Å²) in [5.41, 5.74) is 2.65. The zero-order valence-corrected chi connectivity index (χ0v) is 26.3. The van der Waals surface area contributed by atoms with Crippen molar-refractivity contribution in [3.63, 3.8) is 0 Å². The van der Waals surface area contributed by atoms with Crippen molar-refractivity contribution in [2.75, 3.05) is 35.0 Å². The van der Waals surface area contributed by atoms with Gasteiger partial charge in [0, 0.05) is 36.4 Å². The Hall–Kier alpha value is -2.30. The topological polar surface area (TPSA) is 117 Å². The van der Waals surface area contributed by atoms with Crippen LogP contribution in [0.4, 0.5) is 11.4 Å². The second kappa shape index (κ2) is 15.3. The maximum absolute atomic E-state index is 13.7. The van der Waals surface area contributed by atoms with E-state index < -0.39 is 22.9 Å². The number of nitrogens with zero attached hydrogens (tertiary/aromatic N) is 1. The smallest absolute Gasteiger partial charge is 0.251 e. The predicted molar refractivity (Wildman–Crippen MR) is 173 cm³/mol. The van der Waals surface area contributed by atoms with E-state index in [1.54, 1.807) is 16.4 Å². The molecule has 0 bridgehead atoms. The number of hydrogen-bond acceptors (Lipinski definition) is 7. The Kier molecular flexibility index (Phi) is 12.4. The molecule has 2 aromatic rings. The highest BCUT2D eigenvalue weighted by Gasteiger charge is 2.29. The third-order valence-corrected chi connectivity index (χ3v) is 9.62. The van der Waals surface area contributed by atoms with Gasteiger partial charge in [-0.1, -0.05) is 57.0 Å². The highest BCUT2D eigenvalue weighted by atomic mass is 32.3. The molecule has 2 atom stereocenters. The van der Waals surface area contributed by atoms with Crippen molar-refractivity contribution in [1.29, 1.82) is 0 Å². The summed E-state index contributed by atoms with van der Waals surface area (Å²) in [6, 6.07) is 14.7. The molecule has 0 radical (unpaired) electrons. The van der Waals surface area contributed by atoms with Gasteiger partial charge in [-0.15, -0.1) is 10.8 Å². The minimum atomic E-state index is -2.94. The van der Waals surface area contributed by atoms with Crippen LogP contribution >= 0.6 is 10.8 Å². The molecule has 2 aromatic carbocycles. The van der Waals surface area contributed by atoms with Crippen LogP contribution in [-0.2, 0) is 6.42 Å². The van der Waals surface area contributed by atoms with Gasteiger partial charge in [0.2, 0.25) is 0 Å². The summed E-state index contributed by atoms with van der Waals surface area (Å²) >= 11 is 0. The zero-order chi connectivity index (χ0) is 30.0. The fourth-order valence-corrected chi connectivity index (χ4v) is 6.94. The van der Waals surface area contributed by atoms with E-state index in [2.05, 4.69) is 43.6 Å². The Balaban J connectivity index is 1.80. The van der Waals surface area contributed by atoms with E-state index in [0.717, 1.165) is 36.9 Å². The summed E-state index contributed by atoms with van der Waals surface area (Å²) in [5, 5.41) is 21.2. The van der Waals surface area contributed by atoms with Gasteiger partial charge in [-0.25, -0.2) is 0 Å². The Labute approximate surface area is 248 Å². The van der Waals surface area contributed by atoms with Gasteiger partial charge in [-0.05, 0) is 76.1 Å². The van der Waals surface area contributed by atoms with Gasteiger partial charge in [-0.2, -0.15) is 0 Å². The quantitative estimate of drug-likeness (QED) is 0.145. The molecule has 0 unspecified atom stereocenters. The molecule has 1 fully saturated rings. The molecule has 0 saturated carbocycles. The Bertz CT molecular complexity index is 1100. The number of rotatable bonds is 15. The monoisotopic (exact) mass is 588 g/mol. The van der Waals surface area contributed by atoms with Crippen LogP contribution in [0.25, 0.3) is 0 Å². The molecule has 6 N–H and O–H groups in total. The van der Waals surface area contributed by atoms with Crippen molar-refractivity contribution in [1.82, 2.24) is 10.6 Å². The van der Waals surface area contributed by atoms with Crippen LogP contribution in [0.15, 0.2) is 48.5 Å². The fraction of sp³-hybridized carbons (Fsp3) is 0.594. The standard InChI is InChI=1S/C32H52N4O4S/c1-6-33-27-20-26(21-28(22-27)36-17-10-11-18-41(36,39)40)31(38)35-29(19-25-14-8-7-9-15-25)30(37)23-34-32(4,5)16-12-13-24(2)3/h7-9,14-15,20-22,24,29-30,33-34,37,39-40H,6,10-13,16-19,23H2,1-5H3,(H,35,38)/t29-,30-/m0/s1. The lowest BCUT2D eigenvalue weighted by Crippen LogP contribution is -2.52. The van der Waals surface area contributed by atoms with Gasteiger partial charge in [0.25, 0.3) is 5.91 Å². The van der Waals surface area contributed by atoms with Crippen LogP contribution in [0, 0.1) is 5.92 Å². The molecule has 0 aliphatic carbocycles. The molecular formula is C32H52N4O4S. The third-order valence-electron chi connectivity index (χ3n) is 7.68. The normalized spacial score (nSPS) is 17.6. The van der Waals surface area contributed by atoms with Crippen LogP contribution in [0.5, 0.6) is 0 Å². The van der Waals surface area contributed by atoms with E-state index >= 15 is 0 Å². The van der Waals surface area contributed by atoms with Crippen molar-refractivity contribution >= 4 is 28.1 Å². The van der Waals surface area contributed by atoms with Crippen LogP contribution in [-0.4, -0.2) is 63.2 Å². The van der Waals surface area contributed by atoms with Gasteiger partial charge < -0.3 is 21.1 Å². The summed E-state index contributed by atoms with van der Waals surface area (Å²) in [6.45, 7) is 12.3. The van der Waals surface area contributed by atoms with Crippen LogP contribution in [0.3, 0.4) is 0 Å². The molecule has 230 valence electrons. The second-order valence-corrected chi connectivity index (χ2v) is 14.4. The number of carbonyl (C=O) groups excluding carboxylic acids is 1. The number of amides is 1. The van der Waals surface area contributed by atoms with Crippen molar-refractivity contribution in [3.05, 3.63) is 59.7 Å². The van der Waals surface area contributed by atoms with Gasteiger partial charge in [0.1, 0.15) is 0 Å². The van der Waals surface area contributed by atoms with Gasteiger partial charge >= 0.3 is 0 Å². The molecule has 41 heavy (non-hydrogen) atoms. The SMILES string of the molecule is CCNc1cc(C(=O)N[C@@H](Cc2ccccc2)[C@@H](O)CNC(C)(C)CCCC(C)C)cc(N2CCCCS2(O)O)c1. The lowest BCUT2D eigenvalue weighted by molar-refractivity contribution is 0.0812. The molecule has 9 heteroatoms.